The van der Waals surface area contributed by atoms with Gasteiger partial charge in [0.2, 0.25) is 0 Å². The molecule has 1 heterocycles. The number of aromatic nitrogens is 1. The van der Waals surface area contributed by atoms with E-state index >= 15 is 0 Å². The fraction of sp³-hybridized carbons (Fsp3) is 0.333. The van der Waals surface area contributed by atoms with Gasteiger partial charge in [-0.25, -0.2) is 4.98 Å². The summed E-state index contributed by atoms with van der Waals surface area (Å²) in [5, 5.41) is 11.4. The molecular formula is C9H11BrN2O2. The van der Waals surface area contributed by atoms with Crippen molar-refractivity contribution in [1.82, 2.24) is 4.98 Å². The Hall–Kier alpha value is -1.10. The van der Waals surface area contributed by atoms with Crippen LogP contribution in [0.25, 0.3) is 0 Å². The van der Waals surface area contributed by atoms with E-state index in [1.54, 1.807) is 6.07 Å². The summed E-state index contributed by atoms with van der Waals surface area (Å²) in [6.07, 6.45) is 0.0940. The van der Waals surface area contributed by atoms with Crippen LogP contribution in [0.2, 0.25) is 0 Å². The van der Waals surface area contributed by atoms with Gasteiger partial charge in [0.15, 0.2) is 0 Å². The van der Waals surface area contributed by atoms with Crippen LogP contribution in [0, 0.1) is 6.92 Å². The van der Waals surface area contributed by atoms with E-state index in [-0.39, 0.29) is 6.42 Å². The van der Waals surface area contributed by atoms with E-state index in [2.05, 4.69) is 26.2 Å². The van der Waals surface area contributed by atoms with Crippen LogP contribution in [0.3, 0.4) is 0 Å². The van der Waals surface area contributed by atoms with Gasteiger partial charge in [0.05, 0.1) is 12.1 Å². The summed E-state index contributed by atoms with van der Waals surface area (Å²) in [6, 6.07) is 3.68. The molecule has 0 aliphatic heterocycles. The van der Waals surface area contributed by atoms with Crippen LogP contribution in [0.1, 0.15) is 12.1 Å². The van der Waals surface area contributed by atoms with E-state index in [1.807, 2.05) is 13.0 Å². The molecule has 0 saturated carbocycles. The lowest BCUT2D eigenvalue weighted by molar-refractivity contribution is -0.136. The van der Waals surface area contributed by atoms with Crippen molar-refractivity contribution >= 4 is 27.7 Å². The van der Waals surface area contributed by atoms with E-state index in [0.717, 1.165) is 10.2 Å². The van der Waals surface area contributed by atoms with Crippen LogP contribution in [0.15, 0.2) is 16.6 Å². The minimum absolute atomic E-state index is 0.0940. The zero-order chi connectivity index (χ0) is 10.6. The normalized spacial score (nSPS) is 9.86. The number of hydrogen-bond donors (Lipinski definition) is 2. The third-order valence-electron chi connectivity index (χ3n) is 1.67. The number of nitrogens with one attached hydrogen (secondary N) is 1. The zero-order valence-electron chi connectivity index (χ0n) is 7.75. The number of carboxylic acids is 1. The van der Waals surface area contributed by atoms with E-state index in [0.29, 0.717) is 12.4 Å². The Morgan fingerprint density at radius 3 is 2.93 bits per heavy atom. The molecule has 0 bridgehead atoms. The van der Waals surface area contributed by atoms with Crippen LogP contribution in [0.5, 0.6) is 0 Å². The van der Waals surface area contributed by atoms with Crippen molar-refractivity contribution in [2.75, 3.05) is 11.9 Å². The smallest absolute Gasteiger partial charge is 0.305 e. The molecule has 0 aliphatic carbocycles. The van der Waals surface area contributed by atoms with Crippen molar-refractivity contribution in [3.8, 4) is 0 Å². The number of aliphatic carboxylic acids is 1. The van der Waals surface area contributed by atoms with Crippen molar-refractivity contribution in [3.05, 3.63) is 22.3 Å². The second-order valence-electron chi connectivity index (χ2n) is 2.83. The molecule has 0 spiro atoms. The molecule has 0 amide bonds. The summed E-state index contributed by atoms with van der Waals surface area (Å²) in [6.45, 7) is 2.27. The van der Waals surface area contributed by atoms with Crippen molar-refractivity contribution in [2.24, 2.45) is 0 Å². The van der Waals surface area contributed by atoms with Gasteiger partial charge in [0.25, 0.3) is 0 Å². The molecule has 0 atom stereocenters. The first-order valence-electron chi connectivity index (χ1n) is 4.18. The fourth-order valence-corrected chi connectivity index (χ4v) is 1.16. The van der Waals surface area contributed by atoms with Crippen LogP contribution in [0.4, 0.5) is 5.82 Å². The molecule has 1 aromatic heterocycles. The maximum Gasteiger partial charge on any atom is 0.305 e. The third-order valence-corrected chi connectivity index (χ3v) is 2.50. The average Bonchev–Trinajstić information content (AvgIpc) is 2.10. The number of carbonyl (C=O) groups is 1. The molecule has 1 rings (SSSR count). The predicted molar refractivity (Wildman–Crippen MR) is 57.4 cm³/mol. The third kappa shape index (κ3) is 3.33. The highest BCUT2D eigenvalue weighted by Crippen LogP contribution is 2.15. The van der Waals surface area contributed by atoms with Crippen LogP contribution >= 0.6 is 15.9 Å². The lowest BCUT2D eigenvalue weighted by Gasteiger charge is -2.05. The van der Waals surface area contributed by atoms with Crippen LogP contribution < -0.4 is 5.32 Å². The number of aryl methyl sites for hydroxylation is 1. The van der Waals surface area contributed by atoms with Gasteiger partial charge in [-0.1, -0.05) is 0 Å². The molecule has 0 aliphatic rings. The molecule has 1 aromatic rings. The zero-order valence-corrected chi connectivity index (χ0v) is 9.34. The Morgan fingerprint density at radius 2 is 2.36 bits per heavy atom. The lowest BCUT2D eigenvalue weighted by atomic mass is 10.3. The minimum atomic E-state index is -0.814. The minimum Gasteiger partial charge on any atom is -0.481 e. The first-order valence-corrected chi connectivity index (χ1v) is 4.97. The fourth-order valence-electron chi connectivity index (χ4n) is 0.940. The predicted octanol–water partition coefficient (Wildman–Crippen LogP) is 2.04. The maximum absolute atomic E-state index is 10.2. The molecule has 0 aromatic carbocycles. The first-order chi connectivity index (χ1) is 6.59. The van der Waals surface area contributed by atoms with Crippen molar-refractivity contribution < 1.29 is 9.90 Å². The summed E-state index contributed by atoms with van der Waals surface area (Å²) in [4.78, 5) is 14.5. The molecule has 0 fully saturated rings. The van der Waals surface area contributed by atoms with Crippen molar-refractivity contribution in [2.45, 2.75) is 13.3 Å². The highest BCUT2D eigenvalue weighted by Gasteiger charge is 1.99. The molecule has 0 saturated heterocycles. The molecule has 0 unspecified atom stereocenters. The number of carboxylic acid groups (broad SMARTS) is 1. The standard InChI is InChI=1S/C9H11BrN2O2/c1-6-7(10)2-3-8(12-6)11-5-4-9(13)14/h2-3H,4-5H2,1H3,(H,11,12)(H,13,14). The Morgan fingerprint density at radius 1 is 1.64 bits per heavy atom. The number of anilines is 1. The maximum atomic E-state index is 10.2. The second kappa shape index (κ2) is 4.95. The Bertz CT molecular complexity index is 342. The van der Waals surface area contributed by atoms with Gasteiger partial charge >= 0.3 is 5.97 Å². The van der Waals surface area contributed by atoms with Crippen LogP contribution in [-0.4, -0.2) is 22.6 Å². The van der Waals surface area contributed by atoms with Gasteiger partial charge in [-0.15, -0.1) is 0 Å². The number of pyridine rings is 1. The van der Waals surface area contributed by atoms with Gasteiger partial charge in [0, 0.05) is 11.0 Å². The Balaban J connectivity index is 2.51. The van der Waals surface area contributed by atoms with Gasteiger partial charge in [-0.3, -0.25) is 4.79 Å². The summed E-state index contributed by atoms with van der Waals surface area (Å²) in [5.74, 6) is -0.113. The largest absolute Gasteiger partial charge is 0.481 e. The number of halogens is 1. The SMILES string of the molecule is Cc1nc(NCCC(=O)O)ccc1Br. The number of nitrogens with zero attached hydrogens (tertiary/aromatic N) is 1. The molecule has 76 valence electrons. The van der Waals surface area contributed by atoms with Crippen molar-refractivity contribution in [3.63, 3.8) is 0 Å². The van der Waals surface area contributed by atoms with Gasteiger partial charge in [-0.2, -0.15) is 0 Å². The van der Waals surface area contributed by atoms with E-state index in [4.69, 9.17) is 5.11 Å². The van der Waals surface area contributed by atoms with E-state index < -0.39 is 5.97 Å². The summed E-state index contributed by atoms with van der Waals surface area (Å²) >= 11 is 3.34. The summed E-state index contributed by atoms with van der Waals surface area (Å²) in [5.41, 5.74) is 0.880. The summed E-state index contributed by atoms with van der Waals surface area (Å²) < 4.78 is 0.946. The lowest BCUT2D eigenvalue weighted by Crippen LogP contribution is -2.08. The van der Waals surface area contributed by atoms with Crippen LogP contribution in [-0.2, 0) is 4.79 Å². The number of rotatable bonds is 4. The Kier molecular flexibility index (Phi) is 3.88. The topological polar surface area (TPSA) is 62.2 Å². The van der Waals surface area contributed by atoms with E-state index in [1.165, 1.54) is 0 Å². The summed E-state index contributed by atoms with van der Waals surface area (Å²) in [7, 11) is 0. The van der Waals surface area contributed by atoms with Gasteiger partial charge in [-0.05, 0) is 35.0 Å². The molecule has 4 nitrogen and oxygen atoms in total. The average molecular weight is 259 g/mol. The van der Waals surface area contributed by atoms with Gasteiger partial charge < -0.3 is 10.4 Å². The Labute approximate surface area is 90.5 Å². The molecule has 5 heteroatoms. The quantitative estimate of drug-likeness (QED) is 0.868. The highest BCUT2D eigenvalue weighted by atomic mass is 79.9. The molecular weight excluding hydrogens is 248 g/mol. The molecule has 14 heavy (non-hydrogen) atoms. The molecule has 0 radical (unpaired) electrons. The van der Waals surface area contributed by atoms with Gasteiger partial charge in [0.1, 0.15) is 5.82 Å². The highest BCUT2D eigenvalue weighted by molar-refractivity contribution is 9.10. The monoisotopic (exact) mass is 258 g/mol. The van der Waals surface area contributed by atoms with E-state index in [9.17, 15) is 4.79 Å². The van der Waals surface area contributed by atoms with Crippen molar-refractivity contribution in [1.29, 1.82) is 0 Å². The first kappa shape index (κ1) is 11.0. The molecule has 2 N–H and O–H groups in total. The number of hydrogen-bond acceptors (Lipinski definition) is 3. The second-order valence-corrected chi connectivity index (χ2v) is 3.69.